The number of unbranched alkanes of at least 4 members (excludes halogenated alkanes) is 1. The zero-order valence-electron chi connectivity index (χ0n) is 28.0. The Bertz CT molecular complexity index is 1460. The summed E-state index contributed by atoms with van der Waals surface area (Å²) in [7, 11) is 2.16. The van der Waals surface area contributed by atoms with Gasteiger partial charge in [-0.3, -0.25) is 4.90 Å². The van der Waals surface area contributed by atoms with Crippen LogP contribution >= 0.6 is 11.8 Å². The van der Waals surface area contributed by atoms with E-state index in [9.17, 15) is 14.7 Å². The molecule has 3 heterocycles. The molecule has 3 aromatic rings. The van der Waals surface area contributed by atoms with Crippen LogP contribution in [0.15, 0.2) is 66.7 Å². The number of hydrogen-bond donors (Lipinski definition) is 2. The van der Waals surface area contributed by atoms with Crippen LogP contribution in [0.3, 0.4) is 0 Å². The number of aliphatic hydroxyl groups excluding tert-OH is 1. The molecule has 3 aliphatic rings. The number of likely N-dealkylation sites (tertiary alicyclic amines) is 1. The molecule has 6 rings (SSSR count). The van der Waals surface area contributed by atoms with E-state index in [0.29, 0.717) is 24.9 Å². The predicted octanol–water partition coefficient (Wildman–Crippen LogP) is 6.80. The van der Waals surface area contributed by atoms with Crippen molar-refractivity contribution < 1.29 is 29.3 Å². The highest BCUT2D eigenvalue weighted by Crippen LogP contribution is 2.39. The van der Waals surface area contributed by atoms with Crippen molar-refractivity contribution in [2.24, 2.45) is 0 Å². The number of para-hydroxylation sites is 1. The molecule has 1 fully saturated rings. The zero-order chi connectivity index (χ0) is 33.8. The van der Waals surface area contributed by atoms with Gasteiger partial charge in [0.25, 0.3) is 0 Å². The molecular formula is C37H49N3O6S. The highest BCUT2D eigenvalue weighted by atomic mass is 32.2. The first kappa shape index (κ1) is 36.1. The number of aliphatic hydroxyl groups is 1. The molecule has 10 heteroatoms. The lowest BCUT2D eigenvalue weighted by atomic mass is 9.95. The second kappa shape index (κ2) is 18.0. The number of nitrogens with zero attached hydrogens (tertiary/aromatic N) is 3. The molecule has 0 spiro atoms. The predicted molar refractivity (Wildman–Crippen MR) is 190 cm³/mol. The van der Waals surface area contributed by atoms with Gasteiger partial charge in [0.1, 0.15) is 12.5 Å². The van der Waals surface area contributed by atoms with E-state index in [2.05, 4.69) is 84.1 Å². The minimum atomic E-state index is -0.829. The number of carbonyl (C=O) groups is 2. The molecule has 3 unspecified atom stereocenters. The van der Waals surface area contributed by atoms with Crippen LogP contribution in [0.5, 0.6) is 11.5 Å². The third-order valence-corrected chi connectivity index (χ3v) is 9.28. The van der Waals surface area contributed by atoms with Crippen molar-refractivity contribution in [3.05, 3.63) is 83.4 Å². The first-order chi connectivity index (χ1) is 22.7. The molecule has 47 heavy (non-hydrogen) atoms. The summed E-state index contributed by atoms with van der Waals surface area (Å²) in [6.07, 6.45) is 7.17. The fourth-order valence-corrected chi connectivity index (χ4v) is 6.39. The normalized spacial score (nSPS) is 19.3. The van der Waals surface area contributed by atoms with Gasteiger partial charge in [-0.05, 0) is 97.1 Å². The highest BCUT2D eigenvalue weighted by molar-refractivity contribution is 8.12. The second-order valence-corrected chi connectivity index (χ2v) is 13.0. The largest absolute Gasteiger partial charge is 0.473 e. The van der Waals surface area contributed by atoms with Crippen molar-refractivity contribution in [3.63, 3.8) is 0 Å². The van der Waals surface area contributed by atoms with Gasteiger partial charge in [0.15, 0.2) is 11.5 Å². The molecular weight excluding hydrogens is 614 g/mol. The number of anilines is 2. The number of ether oxygens (including phenoxy) is 2. The van der Waals surface area contributed by atoms with E-state index in [4.69, 9.17) is 14.6 Å². The number of aryl methyl sites for hydroxylation is 1. The van der Waals surface area contributed by atoms with E-state index in [1.165, 1.54) is 41.5 Å². The highest BCUT2D eigenvalue weighted by Gasteiger charge is 2.35. The summed E-state index contributed by atoms with van der Waals surface area (Å²) in [6.45, 7) is 7.89. The monoisotopic (exact) mass is 663 g/mol. The number of rotatable bonds is 10. The van der Waals surface area contributed by atoms with Crippen LogP contribution < -0.4 is 19.3 Å². The Labute approximate surface area is 283 Å². The quantitative estimate of drug-likeness (QED) is 0.225. The lowest BCUT2D eigenvalue weighted by Gasteiger charge is -2.28. The first-order valence-corrected chi connectivity index (χ1v) is 17.6. The van der Waals surface area contributed by atoms with Gasteiger partial charge in [-0.25, -0.2) is 4.79 Å². The van der Waals surface area contributed by atoms with Gasteiger partial charge in [-0.2, -0.15) is 0 Å². The van der Waals surface area contributed by atoms with Crippen molar-refractivity contribution in [3.8, 4) is 11.5 Å². The Morgan fingerprint density at radius 3 is 2.57 bits per heavy atom. The molecule has 3 aliphatic heterocycles. The van der Waals surface area contributed by atoms with Crippen LogP contribution in [0.4, 0.5) is 16.2 Å². The molecule has 3 atom stereocenters. The number of thioether (sulfide) groups is 1. The maximum absolute atomic E-state index is 11.3. The van der Waals surface area contributed by atoms with Gasteiger partial charge >= 0.3 is 5.30 Å². The number of fused-ring (bicyclic) bond motifs is 2. The lowest BCUT2D eigenvalue weighted by Crippen LogP contribution is -2.38. The molecule has 3 aromatic carbocycles. The van der Waals surface area contributed by atoms with Crippen LogP contribution in [-0.4, -0.2) is 85.2 Å². The molecule has 2 N–H and O–H groups in total. The van der Waals surface area contributed by atoms with Gasteiger partial charge in [0.2, 0.25) is 6.79 Å². The zero-order valence-corrected chi connectivity index (χ0v) is 28.8. The number of carbonyl (C=O) groups excluding carboxylic acids is 1. The summed E-state index contributed by atoms with van der Waals surface area (Å²) in [5.41, 5.74) is 6.23. The average molecular weight is 664 g/mol. The van der Waals surface area contributed by atoms with E-state index in [1.54, 1.807) is 0 Å². The number of aldehydes is 1. The van der Waals surface area contributed by atoms with Crippen molar-refractivity contribution in [1.29, 1.82) is 0 Å². The Morgan fingerprint density at radius 1 is 1.09 bits per heavy atom. The standard InChI is InChI=1S/C23H26N2O4.C12H19N.C2H4O2S/c26-10-9-24-14-18(16-5-6-21-22(12-16)29-15-28-21)11-19(24)7-8-25-20-4-2-1-3-17(20)13-23(25)27;1-4-5-9-13(3)12-8-6-7-11(2)10-12;1-5-2(3)4/h1-6,10,12,18-19,23,27H,7-9,11,13-15H2;6-8,10H,4-5,9H2,1-3H3;1H3,(H,3,4). The van der Waals surface area contributed by atoms with E-state index in [-0.39, 0.29) is 6.79 Å². The van der Waals surface area contributed by atoms with Crippen LogP contribution in [0.25, 0.3) is 0 Å². The van der Waals surface area contributed by atoms with Crippen molar-refractivity contribution in [1.82, 2.24) is 4.90 Å². The van der Waals surface area contributed by atoms with E-state index < -0.39 is 11.5 Å². The molecule has 254 valence electrons. The van der Waals surface area contributed by atoms with Gasteiger partial charge in [-0.15, -0.1) is 0 Å². The Kier molecular flexibility index (Phi) is 13.8. The fraction of sp³-hybridized carbons (Fsp3) is 0.459. The van der Waals surface area contributed by atoms with Gasteiger partial charge in [-0.1, -0.05) is 49.7 Å². The molecule has 0 saturated carbocycles. The van der Waals surface area contributed by atoms with Crippen molar-refractivity contribution in [2.75, 3.05) is 56.1 Å². The van der Waals surface area contributed by atoms with Crippen LogP contribution in [0.1, 0.15) is 55.2 Å². The van der Waals surface area contributed by atoms with Crippen molar-refractivity contribution in [2.45, 2.75) is 64.1 Å². The topological polar surface area (TPSA) is 103 Å². The number of carboxylic acid groups (broad SMARTS) is 1. The smallest absolute Gasteiger partial charge is 0.364 e. The molecule has 0 aromatic heterocycles. The Hall–Kier alpha value is -3.73. The summed E-state index contributed by atoms with van der Waals surface area (Å²) in [5.74, 6) is 1.98. The third kappa shape index (κ3) is 10.1. The lowest BCUT2D eigenvalue weighted by molar-refractivity contribution is -0.109. The molecule has 1 saturated heterocycles. The first-order valence-electron chi connectivity index (χ1n) is 16.4. The number of hydrogen-bond acceptors (Lipinski definition) is 9. The van der Waals surface area contributed by atoms with E-state index >= 15 is 0 Å². The van der Waals surface area contributed by atoms with Gasteiger partial charge < -0.3 is 34.3 Å². The van der Waals surface area contributed by atoms with Crippen molar-refractivity contribution >= 4 is 34.7 Å². The van der Waals surface area contributed by atoms with E-state index in [1.807, 2.05) is 18.2 Å². The minimum absolute atomic E-state index is 0.281. The maximum atomic E-state index is 11.3. The SMILES string of the molecule is CCCCN(C)c1cccc(C)c1.CSC(=O)O.O=CCN1CC(c2ccc3c(c2)OCO3)CC1CCN1c2ccccc2CC1O. The summed E-state index contributed by atoms with van der Waals surface area (Å²) in [4.78, 5) is 27.3. The Balaban J connectivity index is 0.000000231. The number of benzene rings is 3. The second-order valence-electron chi connectivity index (χ2n) is 12.2. The third-order valence-electron chi connectivity index (χ3n) is 8.94. The summed E-state index contributed by atoms with van der Waals surface area (Å²) in [5, 5.41) is 17.4. The van der Waals surface area contributed by atoms with E-state index in [0.717, 1.165) is 67.7 Å². The van der Waals surface area contributed by atoms with Crippen LogP contribution in [0, 0.1) is 6.92 Å². The average Bonchev–Trinajstić information content (AvgIpc) is 3.79. The summed E-state index contributed by atoms with van der Waals surface area (Å²) in [6, 6.07) is 23.4. The van der Waals surface area contributed by atoms with Crippen LogP contribution in [0.2, 0.25) is 0 Å². The molecule has 0 bridgehead atoms. The fourth-order valence-electron chi connectivity index (χ4n) is 6.39. The molecule has 0 amide bonds. The maximum Gasteiger partial charge on any atom is 0.364 e. The minimum Gasteiger partial charge on any atom is -0.473 e. The van der Waals surface area contributed by atoms with Crippen LogP contribution in [-0.2, 0) is 11.2 Å². The molecule has 0 radical (unpaired) electrons. The Morgan fingerprint density at radius 2 is 1.85 bits per heavy atom. The molecule has 9 nitrogen and oxygen atoms in total. The summed E-state index contributed by atoms with van der Waals surface area (Å²) < 4.78 is 11.0. The van der Waals surface area contributed by atoms with Gasteiger partial charge in [0.05, 0.1) is 6.54 Å². The van der Waals surface area contributed by atoms with Gasteiger partial charge in [0, 0.05) is 50.5 Å². The molecule has 0 aliphatic carbocycles. The summed E-state index contributed by atoms with van der Waals surface area (Å²) >= 11 is 0.796.